The third-order valence-corrected chi connectivity index (χ3v) is 2.74. The van der Waals surface area contributed by atoms with Gasteiger partial charge >= 0.3 is 57.4 Å². The van der Waals surface area contributed by atoms with Crippen molar-refractivity contribution >= 4 is 97.3 Å². The maximum atomic E-state index is 10.3. The van der Waals surface area contributed by atoms with Crippen LogP contribution in [-0.2, 0) is 4.79 Å². The predicted molar refractivity (Wildman–Crippen MR) is 62.4 cm³/mol. The van der Waals surface area contributed by atoms with Crippen LogP contribution in [0.3, 0.4) is 0 Å². The Kier molecular flexibility index (Phi) is 13.3. The Balaban J connectivity index is -0.000000320. The molecule has 1 unspecified atom stereocenters. The zero-order valence-electron chi connectivity index (χ0n) is 6.22. The van der Waals surface area contributed by atoms with Gasteiger partial charge in [0.15, 0.2) is 0 Å². The molecule has 1 atom stereocenters. The molecule has 0 aromatic carbocycles. The van der Waals surface area contributed by atoms with E-state index in [0.29, 0.717) is 0 Å². The molecule has 0 aliphatic rings. The van der Waals surface area contributed by atoms with Gasteiger partial charge in [0.25, 0.3) is 0 Å². The summed E-state index contributed by atoms with van der Waals surface area (Å²) >= 11 is 3.06. The zero-order valence-corrected chi connectivity index (χ0v) is 10.1. The number of aliphatic carboxylic acids is 1. The fourth-order valence-corrected chi connectivity index (χ4v) is 0.370. The van der Waals surface area contributed by atoms with E-state index in [1.807, 2.05) is 20.8 Å². The standard InChI is InChI=1S/C6H11BrO2.HI.K.H/c1-6(2,3)4(7)5(8)9;;;/h4H,1-3H3,(H,8,9);1H;;. The van der Waals surface area contributed by atoms with Gasteiger partial charge in [-0.15, -0.1) is 24.0 Å². The Labute approximate surface area is 135 Å². The van der Waals surface area contributed by atoms with Crippen LogP contribution < -0.4 is 0 Å². The van der Waals surface area contributed by atoms with Gasteiger partial charge in [0.2, 0.25) is 0 Å². The van der Waals surface area contributed by atoms with E-state index in [0.717, 1.165) is 0 Å². The van der Waals surface area contributed by atoms with Crippen LogP contribution >= 0.6 is 39.9 Å². The van der Waals surface area contributed by atoms with Gasteiger partial charge in [0.1, 0.15) is 4.83 Å². The van der Waals surface area contributed by atoms with Gasteiger partial charge in [-0.3, -0.25) is 4.79 Å². The van der Waals surface area contributed by atoms with Gasteiger partial charge in [-0.25, -0.2) is 0 Å². The SMILES string of the molecule is CC(C)(C)C(Br)C(=O)O.I.[KH]. The van der Waals surface area contributed by atoms with Gasteiger partial charge in [-0.2, -0.15) is 0 Å². The first-order valence-corrected chi connectivity index (χ1v) is 3.64. The quantitative estimate of drug-likeness (QED) is 0.439. The summed E-state index contributed by atoms with van der Waals surface area (Å²) in [5.41, 5.74) is -0.203. The monoisotopic (exact) mass is 362 g/mol. The van der Waals surface area contributed by atoms with E-state index in [4.69, 9.17) is 5.11 Å². The second kappa shape index (κ2) is 7.70. The molecule has 0 fully saturated rings. The second-order valence-electron chi connectivity index (χ2n) is 3.07. The molecule has 0 aliphatic carbocycles. The minimum absolute atomic E-state index is 0. The Bertz CT molecular complexity index is 124. The molecular weight excluding hydrogens is 350 g/mol. The summed E-state index contributed by atoms with van der Waals surface area (Å²) in [5, 5.41) is 8.47. The summed E-state index contributed by atoms with van der Waals surface area (Å²) in [6.07, 6.45) is 0. The van der Waals surface area contributed by atoms with Crippen molar-refractivity contribution in [1.29, 1.82) is 0 Å². The molecule has 0 heterocycles. The molecule has 0 rings (SSSR count). The van der Waals surface area contributed by atoms with Crippen molar-refractivity contribution in [2.75, 3.05) is 0 Å². The van der Waals surface area contributed by atoms with Crippen LogP contribution in [0.1, 0.15) is 20.8 Å². The van der Waals surface area contributed by atoms with Crippen molar-refractivity contribution in [3.05, 3.63) is 0 Å². The van der Waals surface area contributed by atoms with E-state index >= 15 is 0 Å². The number of alkyl halides is 1. The van der Waals surface area contributed by atoms with Crippen LogP contribution in [0, 0.1) is 5.41 Å². The summed E-state index contributed by atoms with van der Waals surface area (Å²) in [7, 11) is 0. The molecule has 0 bridgehead atoms. The Morgan fingerprint density at radius 3 is 1.73 bits per heavy atom. The Morgan fingerprint density at radius 1 is 1.45 bits per heavy atom. The van der Waals surface area contributed by atoms with Crippen LogP contribution in [0.2, 0.25) is 0 Å². The van der Waals surface area contributed by atoms with Crippen LogP contribution in [0.15, 0.2) is 0 Å². The first-order valence-electron chi connectivity index (χ1n) is 2.72. The summed E-state index contributed by atoms with van der Waals surface area (Å²) in [6, 6.07) is 0. The van der Waals surface area contributed by atoms with Gasteiger partial charge in [0, 0.05) is 0 Å². The number of hydrogen-bond donors (Lipinski definition) is 1. The number of halogens is 2. The first kappa shape index (κ1) is 19.0. The van der Waals surface area contributed by atoms with Crippen molar-refractivity contribution in [2.24, 2.45) is 5.41 Å². The van der Waals surface area contributed by atoms with Crippen molar-refractivity contribution in [3.63, 3.8) is 0 Å². The fourth-order valence-electron chi connectivity index (χ4n) is 0.370. The molecule has 1 N–H and O–H groups in total. The molecule has 0 saturated heterocycles. The van der Waals surface area contributed by atoms with E-state index in [1.165, 1.54) is 0 Å². The molecule has 0 spiro atoms. The minimum atomic E-state index is -0.803. The molecule has 11 heavy (non-hydrogen) atoms. The number of carbonyl (C=O) groups is 1. The average Bonchev–Trinajstić information content (AvgIpc) is 1.62. The molecule has 0 aromatic rings. The summed E-state index contributed by atoms with van der Waals surface area (Å²) in [5.74, 6) is -0.803. The maximum absolute atomic E-state index is 10.3. The summed E-state index contributed by atoms with van der Waals surface area (Å²) in [6.45, 7) is 5.63. The second-order valence-corrected chi connectivity index (χ2v) is 3.98. The number of hydrogen-bond acceptors (Lipinski definition) is 1. The fraction of sp³-hybridized carbons (Fsp3) is 0.833. The molecule has 0 saturated carbocycles. The molecule has 2 nitrogen and oxygen atoms in total. The van der Waals surface area contributed by atoms with E-state index in [-0.39, 0.29) is 80.8 Å². The molecular formula is C6H13BrIKO2. The van der Waals surface area contributed by atoms with E-state index in [1.54, 1.807) is 0 Å². The van der Waals surface area contributed by atoms with Crippen molar-refractivity contribution in [3.8, 4) is 0 Å². The predicted octanol–water partition coefficient (Wildman–Crippen LogP) is 1.85. The number of carboxylic acid groups (broad SMARTS) is 1. The number of rotatable bonds is 1. The van der Waals surface area contributed by atoms with Crippen LogP contribution in [0.4, 0.5) is 0 Å². The Hall–Kier alpha value is 2.32. The third-order valence-electron chi connectivity index (χ3n) is 0.977. The summed E-state index contributed by atoms with van der Waals surface area (Å²) in [4.78, 5) is 9.85. The van der Waals surface area contributed by atoms with Gasteiger partial charge in [-0.05, 0) is 5.41 Å². The van der Waals surface area contributed by atoms with Crippen LogP contribution in [0.25, 0.3) is 0 Å². The molecule has 64 valence electrons. The Morgan fingerprint density at radius 2 is 1.73 bits per heavy atom. The number of carboxylic acids is 1. The van der Waals surface area contributed by atoms with Crippen LogP contribution in [-0.4, -0.2) is 67.3 Å². The zero-order chi connectivity index (χ0) is 7.65. The molecule has 0 aliphatic heterocycles. The van der Waals surface area contributed by atoms with Gasteiger partial charge < -0.3 is 5.11 Å². The van der Waals surface area contributed by atoms with Crippen molar-refractivity contribution in [1.82, 2.24) is 0 Å². The van der Waals surface area contributed by atoms with Crippen molar-refractivity contribution < 1.29 is 9.90 Å². The van der Waals surface area contributed by atoms with E-state index in [2.05, 4.69) is 15.9 Å². The molecule has 0 amide bonds. The van der Waals surface area contributed by atoms with Crippen LogP contribution in [0.5, 0.6) is 0 Å². The normalized spacial score (nSPS) is 12.4. The summed E-state index contributed by atoms with van der Waals surface area (Å²) < 4.78 is 0. The van der Waals surface area contributed by atoms with E-state index in [9.17, 15) is 4.79 Å². The molecule has 0 radical (unpaired) electrons. The van der Waals surface area contributed by atoms with E-state index < -0.39 is 10.8 Å². The van der Waals surface area contributed by atoms with Gasteiger partial charge in [0.05, 0.1) is 0 Å². The van der Waals surface area contributed by atoms with Crippen molar-refractivity contribution in [2.45, 2.75) is 25.6 Å². The molecule has 5 heteroatoms. The third kappa shape index (κ3) is 8.64. The topological polar surface area (TPSA) is 37.3 Å². The molecule has 0 aromatic heterocycles. The van der Waals surface area contributed by atoms with Gasteiger partial charge in [-0.1, -0.05) is 36.7 Å². The average molecular weight is 363 g/mol. The first-order chi connectivity index (χ1) is 3.85.